The van der Waals surface area contributed by atoms with Gasteiger partial charge in [-0.15, -0.1) is 0 Å². The molecule has 0 bridgehead atoms. The number of halogens is 3. The number of aromatic amines is 1. The number of nitrogens with zero attached hydrogens (tertiary/aromatic N) is 1. The molecule has 1 N–H and O–H groups in total. The smallest absolute Gasteiger partial charge is 0.416 e. The molecule has 1 aliphatic heterocycles. The second-order valence-corrected chi connectivity index (χ2v) is 7.73. The molecule has 0 saturated heterocycles. The zero-order valence-electron chi connectivity index (χ0n) is 17.6. The number of rotatable bonds is 4. The van der Waals surface area contributed by atoms with Gasteiger partial charge in [-0.1, -0.05) is 30.3 Å². The number of aromatic nitrogens is 1. The molecule has 0 fully saturated rings. The molecule has 9 heteroatoms. The zero-order chi connectivity index (χ0) is 23.9. The molecule has 0 radical (unpaired) electrons. The number of para-hydroxylation sites is 1. The van der Waals surface area contributed by atoms with E-state index in [4.69, 9.17) is 9.47 Å². The Morgan fingerprint density at radius 1 is 0.941 bits per heavy atom. The minimum atomic E-state index is -4.59. The summed E-state index contributed by atoms with van der Waals surface area (Å²) in [5.74, 6) is 0.271. The van der Waals surface area contributed by atoms with Gasteiger partial charge in [0.05, 0.1) is 12.1 Å². The summed E-state index contributed by atoms with van der Waals surface area (Å²) in [5.41, 5.74) is -0.577. The van der Waals surface area contributed by atoms with E-state index in [9.17, 15) is 22.8 Å². The molecular weight excluding hydrogens is 449 g/mol. The first-order valence-electron chi connectivity index (χ1n) is 10.3. The van der Waals surface area contributed by atoms with Gasteiger partial charge in [-0.2, -0.15) is 13.2 Å². The minimum Gasteiger partial charge on any atom is -0.454 e. The number of H-pyrrole nitrogens is 1. The summed E-state index contributed by atoms with van der Waals surface area (Å²) in [5, 5.41) is 0.623. The lowest BCUT2D eigenvalue weighted by molar-refractivity contribution is -0.137. The maximum Gasteiger partial charge on any atom is 0.416 e. The number of carbonyl (C=O) groups excluding carboxylic acids is 1. The van der Waals surface area contributed by atoms with Crippen LogP contribution in [0.5, 0.6) is 11.5 Å². The van der Waals surface area contributed by atoms with Crippen LogP contribution in [-0.2, 0) is 12.7 Å². The van der Waals surface area contributed by atoms with Gasteiger partial charge in [0, 0.05) is 11.2 Å². The summed E-state index contributed by atoms with van der Waals surface area (Å²) >= 11 is 0. The molecule has 5 rings (SSSR count). The molecule has 0 atom stereocenters. The molecule has 2 heterocycles. The van der Waals surface area contributed by atoms with Crippen LogP contribution >= 0.6 is 0 Å². The van der Waals surface area contributed by atoms with Crippen LogP contribution in [0.1, 0.15) is 21.5 Å². The van der Waals surface area contributed by atoms with Crippen LogP contribution in [0.4, 0.5) is 18.9 Å². The average molecular weight is 466 g/mol. The van der Waals surface area contributed by atoms with E-state index in [1.807, 2.05) is 0 Å². The summed E-state index contributed by atoms with van der Waals surface area (Å²) in [6, 6.07) is 17.8. The van der Waals surface area contributed by atoms with Gasteiger partial charge in [-0.25, -0.2) is 0 Å². The SMILES string of the molecule is O=C(c1cc2ccccc2[nH]c1=O)N(Cc1ccc2c(c1)OCO2)c1cccc(C(F)(F)F)c1. The summed E-state index contributed by atoms with van der Waals surface area (Å²) < 4.78 is 50.8. The van der Waals surface area contributed by atoms with Crippen molar-refractivity contribution in [2.75, 3.05) is 11.7 Å². The molecule has 0 unspecified atom stereocenters. The van der Waals surface area contributed by atoms with Crippen molar-refractivity contribution >= 4 is 22.5 Å². The minimum absolute atomic E-state index is 0.00468. The maximum absolute atomic E-state index is 13.6. The Morgan fingerprint density at radius 3 is 2.56 bits per heavy atom. The first-order valence-corrected chi connectivity index (χ1v) is 10.3. The number of anilines is 1. The fourth-order valence-electron chi connectivity index (χ4n) is 3.80. The van der Waals surface area contributed by atoms with Gasteiger partial charge in [-0.05, 0) is 53.4 Å². The normalized spacial score (nSPS) is 12.7. The predicted octanol–water partition coefficient (Wildman–Crippen LogP) is 5.12. The van der Waals surface area contributed by atoms with Crippen molar-refractivity contribution in [1.82, 2.24) is 4.98 Å². The molecule has 3 aromatic carbocycles. The van der Waals surface area contributed by atoms with E-state index >= 15 is 0 Å². The van der Waals surface area contributed by atoms with Crippen molar-refractivity contribution in [2.45, 2.75) is 12.7 Å². The van der Waals surface area contributed by atoms with Crippen molar-refractivity contribution in [3.63, 3.8) is 0 Å². The molecule has 0 spiro atoms. The molecule has 4 aromatic rings. The lowest BCUT2D eigenvalue weighted by atomic mass is 10.1. The standard InChI is InChI=1S/C25H17F3N2O4/c26-25(27,28)17-5-3-6-18(12-17)30(13-15-8-9-21-22(10-15)34-14-33-21)24(32)19-11-16-4-1-2-7-20(16)29-23(19)31/h1-12H,13-14H2,(H,29,31). The summed E-state index contributed by atoms with van der Waals surface area (Å²) in [6.45, 7) is -0.0371. The highest BCUT2D eigenvalue weighted by Gasteiger charge is 2.32. The quantitative estimate of drug-likeness (QED) is 0.453. The number of nitrogens with one attached hydrogen (secondary N) is 1. The second-order valence-electron chi connectivity index (χ2n) is 7.73. The Balaban J connectivity index is 1.60. The van der Waals surface area contributed by atoms with Crippen LogP contribution in [0.2, 0.25) is 0 Å². The highest BCUT2D eigenvalue weighted by molar-refractivity contribution is 6.07. The van der Waals surface area contributed by atoms with E-state index in [2.05, 4.69) is 4.98 Å². The van der Waals surface area contributed by atoms with E-state index in [-0.39, 0.29) is 24.6 Å². The monoisotopic (exact) mass is 466 g/mol. The number of benzene rings is 3. The van der Waals surface area contributed by atoms with Crippen molar-refractivity contribution < 1.29 is 27.4 Å². The summed E-state index contributed by atoms with van der Waals surface area (Å²) in [4.78, 5) is 30.1. The molecule has 6 nitrogen and oxygen atoms in total. The number of pyridine rings is 1. The Labute approximate surface area is 191 Å². The molecule has 0 saturated carbocycles. The van der Waals surface area contributed by atoms with Gasteiger partial charge in [-0.3, -0.25) is 9.59 Å². The Kier molecular flexibility index (Phi) is 5.24. The van der Waals surface area contributed by atoms with Gasteiger partial charge in [0.2, 0.25) is 6.79 Å². The van der Waals surface area contributed by atoms with Crippen LogP contribution in [0.25, 0.3) is 10.9 Å². The van der Waals surface area contributed by atoms with Gasteiger partial charge < -0.3 is 19.4 Å². The predicted molar refractivity (Wildman–Crippen MR) is 119 cm³/mol. The third kappa shape index (κ3) is 4.07. The largest absolute Gasteiger partial charge is 0.454 e. The lowest BCUT2D eigenvalue weighted by Crippen LogP contribution is -2.34. The summed E-state index contributed by atoms with van der Waals surface area (Å²) in [7, 11) is 0. The number of alkyl halides is 3. The lowest BCUT2D eigenvalue weighted by Gasteiger charge is -2.24. The average Bonchev–Trinajstić information content (AvgIpc) is 3.29. The molecule has 1 amide bonds. The van der Waals surface area contributed by atoms with Crippen molar-refractivity contribution in [1.29, 1.82) is 0 Å². The highest BCUT2D eigenvalue weighted by Crippen LogP contribution is 2.35. The topological polar surface area (TPSA) is 71.6 Å². The maximum atomic E-state index is 13.6. The Hall–Kier alpha value is -4.27. The number of hydrogen-bond donors (Lipinski definition) is 1. The van der Waals surface area contributed by atoms with Crippen molar-refractivity contribution in [3.8, 4) is 11.5 Å². The first-order chi connectivity index (χ1) is 16.3. The number of ether oxygens (including phenoxy) is 2. The van der Waals surface area contributed by atoms with Crippen LogP contribution in [0.3, 0.4) is 0 Å². The number of fused-ring (bicyclic) bond motifs is 2. The molecule has 1 aromatic heterocycles. The van der Waals surface area contributed by atoms with Gasteiger partial charge in [0.1, 0.15) is 5.56 Å². The Morgan fingerprint density at radius 2 is 1.74 bits per heavy atom. The molecule has 172 valence electrons. The van der Waals surface area contributed by atoms with Crippen molar-refractivity contribution in [3.05, 3.63) is 99.8 Å². The second kappa shape index (κ2) is 8.26. The third-order valence-corrected chi connectivity index (χ3v) is 5.49. The molecule has 34 heavy (non-hydrogen) atoms. The van der Waals surface area contributed by atoms with Gasteiger partial charge in [0.15, 0.2) is 11.5 Å². The molecular formula is C25H17F3N2O4. The van der Waals surface area contributed by atoms with Gasteiger partial charge >= 0.3 is 6.18 Å². The highest BCUT2D eigenvalue weighted by atomic mass is 19.4. The van der Waals surface area contributed by atoms with Crippen molar-refractivity contribution in [2.24, 2.45) is 0 Å². The zero-order valence-corrected chi connectivity index (χ0v) is 17.6. The van der Waals surface area contributed by atoms with E-state index in [0.717, 1.165) is 17.0 Å². The number of hydrogen-bond acceptors (Lipinski definition) is 4. The van der Waals surface area contributed by atoms with Crippen LogP contribution in [-0.4, -0.2) is 17.7 Å². The van der Waals surface area contributed by atoms with E-state index in [1.54, 1.807) is 42.5 Å². The van der Waals surface area contributed by atoms with E-state index < -0.39 is 23.2 Å². The molecule has 1 aliphatic rings. The number of amides is 1. The Bertz CT molecular complexity index is 1460. The molecule has 0 aliphatic carbocycles. The van der Waals surface area contributed by atoms with Crippen LogP contribution in [0, 0.1) is 0 Å². The third-order valence-electron chi connectivity index (χ3n) is 5.49. The fraction of sp³-hybridized carbons (Fsp3) is 0.120. The summed E-state index contributed by atoms with van der Waals surface area (Å²) in [6.07, 6.45) is -4.59. The fourth-order valence-corrected chi connectivity index (χ4v) is 3.80. The first kappa shape index (κ1) is 21.6. The van der Waals surface area contributed by atoms with E-state index in [0.29, 0.717) is 28.0 Å². The number of carbonyl (C=O) groups is 1. The van der Waals surface area contributed by atoms with Crippen LogP contribution in [0.15, 0.2) is 77.6 Å². The van der Waals surface area contributed by atoms with Gasteiger partial charge in [0.25, 0.3) is 11.5 Å². The van der Waals surface area contributed by atoms with Crippen LogP contribution < -0.4 is 19.9 Å². The van der Waals surface area contributed by atoms with E-state index in [1.165, 1.54) is 18.2 Å².